The first-order chi connectivity index (χ1) is 7.81. The number of methoxy groups -OCH3 is 1. The van der Waals surface area contributed by atoms with E-state index in [9.17, 15) is 4.79 Å². The van der Waals surface area contributed by atoms with Crippen LogP contribution >= 0.6 is 0 Å². The third-order valence-corrected chi connectivity index (χ3v) is 2.84. The van der Waals surface area contributed by atoms with E-state index in [1.807, 2.05) is 0 Å². The highest BCUT2D eigenvalue weighted by molar-refractivity contribution is 5.31. The minimum Gasteiger partial charge on any atom is -0.384 e. The van der Waals surface area contributed by atoms with Crippen molar-refractivity contribution >= 4 is 5.95 Å². The van der Waals surface area contributed by atoms with E-state index in [-0.39, 0.29) is 5.56 Å². The number of nitrogens with zero attached hydrogens (tertiary/aromatic N) is 2. The smallest absolute Gasteiger partial charge is 0.255 e. The molecular formula is C11H17N3O2. The molecule has 1 aromatic rings. The van der Waals surface area contributed by atoms with Crippen LogP contribution < -0.4 is 10.5 Å². The highest BCUT2D eigenvalue weighted by Gasteiger charge is 2.14. The van der Waals surface area contributed by atoms with Gasteiger partial charge in [0.15, 0.2) is 0 Å². The van der Waals surface area contributed by atoms with Crippen molar-refractivity contribution in [3.8, 4) is 0 Å². The van der Waals surface area contributed by atoms with E-state index >= 15 is 0 Å². The topological polar surface area (TPSA) is 58.2 Å². The van der Waals surface area contributed by atoms with Gasteiger partial charge in [-0.15, -0.1) is 0 Å². The molecule has 1 aliphatic rings. The molecule has 88 valence electrons. The maximum Gasteiger partial charge on any atom is 0.255 e. The zero-order valence-electron chi connectivity index (χ0n) is 9.53. The molecule has 1 fully saturated rings. The van der Waals surface area contributed by atoms with Gasteiger partial charge in [-0.1, -0.05) is 0 Å². The number of ether oxygens (including phenoxy) is 1. The zero-order valence-corrected chi connectivity index (χ0v) is 9.53. The molecule has 1 aliphatic heterocycles. The Kier molecular flexibility index (Phi) is 3.56. The van der Waals surface area contributed by atoms with E-state index in [4.69, 9.17) is 4.74 Å². The number of anilines is 1. The van der Waals surface area contributed by atoms with Crippen molar-refractivity contribution in [3.05, 3.63) is 22.1 Å². The van der Waals surface area contributed by atoms with Gasteiger partial charge in [0.1, 0.15) is 0 Å². The Labute approximate surface area is 94.5 Å². The zero-order chi connectivity index (χ0) is 11.4. The van der Waals surface area contributed by atoms with Crippen LogP contribution in [0.5, 0.6) is 0 Å². The summed E-state index contributed by atoms with van der Waals surface area (Å²) >= 11 is 0. The number of hydrogen-bond acceptors (Lipinski definition) is 4. The summed E-state index contributed by atoms with van der Waals surface area (Å²) in [5, 5.41) is 0. The summed E-state index contributed by atoms with van der Waals surface area (Å²) in [4.78, 5) is 21.0. The van der Waals surface area contributed by atoms with Crippen molar-refractivity contribution < 1.29 is 4.74 Å². The van der Waals surface area contributed by atoms with E-state index in [0.717, 1.165) is 13.1 Å². The first-order valence-electron chi connectivity index (χ1n) is 5.63. The molecular weight excluding hydrogens is 206 g/mol. The quantitative estimate of drug-likeness (QED) is 0.810. The van der Waals surface area contributed by atoms with Gasteiger partial charge in [0.05, 0.1) is 6.61 Å². The molecule has 0 amide bonds. The van der Waals surface area contributed by atoms with Crippen molar-refractivity contribution in [1.29, 1.82) is 0 Å². The second-order valence-corrected chi connectivity index (χ2v) is 4.00. The van der Waals surface area contributed by atoms with Crippen molar-refractivity contribution in [2.75, 3.05) is 31.7 Å². The first-order valence-corrected chi connectivity index (χ1v) is 5.63. The largest absolute Gasteiger partial charge is 0.384 e. The third kappa shape index (κ3) is 2.41. The Bertz CT molecular complexity index is 396. The SMILES string of the molecule is COCCc1cnc(N2CCCC2)[nH]c1=O. The molecule has 0 aliphatic carbocycles. The fraction of sp³-hybridized carbons (Fsp3) is 0.636. The van der Waals surface area contributed by atoms with Crippen LogP contribution in [0.1, 0.15) is 18.4 Å². The number of nitrogens with one attached hydrogen (secondary N) is 1. The molecule has 5 heteroatoms. The normalized spacial score (nSPS) is 15.7. The highest BCUT2D eigenvalue weighted by Crippen LogP contribution is 2.13. The van der Waals surface area contributed by atoms with Gasteiger partial charge in [-0.2, -0.15) is 0 Å². The molecule has 0 unspecified atom stereocenters. The Balaban J connectivity index is 2.12. The van der Waals surface area contributed by atoms with Crippen molar-refractivity contribution in [2.24, 2.45) is 0 Å². The lowest BCUT2D eigenvalue weighted by Crippen LogP contribution is -2.25. The average molecular weight is 223 g/mol. The summed E-state index contributed by atoms with van der Waals surface area (Å²) in [6.07, 6.45) is 4.62. The maximum atomic E-state index is 11.7. The summed E-state index contributed by atoms with van der Waals surface area (Å²) in [6, 6.07) is 0. The van der Waals surface area contributed by atoms with Gasteiger partial charge < -0.3 is 9.64 Å². The van der Waals surface area contributed by atoms with Gasteiger partial charge in [0, 0.05) is 38.4 Å². The predicted octanol–water partition coefficient (Wildman–Crippen LogP) is 0.559. The molecule has 0 spiro atoms. The van der Waals surface area contributed by atoms with E-state index in [0.29, 0.717) is 24.5 Å². The molecule has 0 saturated carbocycles. The van der Waals surface area contributed by atoms with Gasteiger partial charge in [0.2, 0.25) is 5.95 Å². The van der Waals surface area contributed by atoms with Crippen LogP contribution in [0.2, 0.25) is 0 Å². The Morgan fingerprint density at radius 2 is 2.25 bits per heavy atom. The molecule has 0 atom stereocenters. The molecule has 1 saturated heterocycles. The summed E-state index contributed by atoms with van der Waals surface area (Å²) < 4.78 is 4.94. The van der Waals surface area contributed by atoms with E-state index < -0.39 is 0 Å². The molecule has 0 radical (unpaired) electrons. The Morgan fingerprint density at radius 3 is 2.88 bits per heavy atom. The summed E-state index contributed by atoms with van der Waals surface area (Å²) in [6.45, 7) is 2.52. The average Bonchev–Trinajstić information content (AvgIpc) is 2.81. The Morgan fingerprint density at radius 1 is 1.50 bits per heavy atom. The molecule has 2 heterocycles. The van der Waals surface area contributed by atoms with Crippen LogP contribution in [-0.4, -0.2) is 36.8 Å². The van der Waals surface area contributed by atoms with E-state index in [1.54, 1.807) is 13.3 Å². The lowest BCUT2D eigenvalue weighted by molar-refractivity contribution is 0.202. The van der Waals surface area contributed by atoms with Crippen LogP contribution in [0.25, 0.3) is 0 Å². The second kappa shape index (κ2) is 5.12. The minimum atomic E-state index is -0.0473. The molecule has 1 N–H and O–H groups in total. The van der Waals surface area contributed by atoms with Gasteiger partial charge in [-0.05, 0) is 12.8 Å². The molecule has 0 aromatic carbocycles. The van der Waals surface area contributed by atoms with Gasteiger partial charge >= 0.3 is 0 Å². The summed E-state index contributed by atoms with van der Waals surface area (Å²) in [7, 11) is 1.63. The van der Waals surface area contributed by atoms with Crippen LogP contribution in [0, 0.1) is 0 Å². The molecule has 0 bridgehead atoms. The summed E-state index contributed by atoms with van der Waals surface area (Å²) in [5.41, 5.74) is 0.638. The lowest BCUT2D eigenvalue weighted by Gasteiger charge is -2.15. The standard InChI is InChI=1S/C11H17N3O2/c1-16-7-4-9-8-12-11(13-10(9)15)14-5-2-3-6-14/h8H,2-7H2,1H3,(H,12,13,15). The minimum absolute atomic E-state index is 0.0473. The number of rotatable bonds is 4. The predicted molar refractivity (Wildman–Crippen MR) is 61.9 cm³/mol. The lowest BCUT2D eigenvalue weighted by atomic mass is 10.2. The van der Waals surface area contributed by atoms with Crippen LogP contribution in [0.4, 0.5) is 5.95 Å². The first kappa shape index (κ1) is 11.1. The number of aromatic nitrogens is 2. The maximum absolute atomic E-state index is 11.7. The van der Waals surface area contributed by atoms with Gasteiger partial charge in [-0.25, -0.2) is 4.98 Å². The highest BCUT2D eigenvalue weighted by atomic mass is 16.5. The fourth-order valence-electron chi connectivity index (χ4n) is 1.89. The van der Waals surface area contributed by atoms with Crippen molar-refractivity contribution in [1.82, 2.24) is 9.97 Å². The number of aromatic amines is 1. The second-order valence-electron chi connectivity index (χ2n) is 4.00. The van der Waals surface area contributed by atoms with Crippen LogP contribution in [-0.2, 0) is 11.2 Å². The number of hydrogen-bond donors (Lipinski definition) is 1. The fourth-order valence-corrected chi connectivity index (χ4v) is 1.89. The van der Waals surface area contributed by atoms with Crippen LogP contribution in [0.15, 0.2) is 11.0 Å². The molecule has 1 aromatic heterocycles. The molecule has 16 heavy (non-hydrogen) atoms. The number of H-pyrrole nitrogens is 1. The van der Waals surface area contributed by atoms with Crippen molar-refractivity contribution in [3.63, 3.8) is 0 Å². The van der Waals surface area contributed by atoms with Crippen LogP contribution in [0.3, 0.4) is 0 Å². The van der Waals surface area contributed by atoms with Crippen molar-refractivity contribution in [2.45, 2.75) is 19.3 Å². The summed E-state index contributed by atoms with van der Waals surface area (Å²) in [5.74, 6) is 0.698. The van der Waals surface area contributed by atoms with E-state index in [2.05, 4.69) is 14.9 Å². The molecule has 2 rings (SSSR count). The molecule has 5 nitrogen and oxygen atoms in total. The monoisotopic (exact) mass is 223 g/mol. The Hall–Kier alpha value is -1.36. The third-order valence-electron chi connectivity index (χ3n) is 2.84. The van der Waals surface area contributed by atoms with Gasteiger partial charge in [0.25, 0.3) is 5.56 Å². The van der Waals surface area contributed by atoms with E-state index in [1.165, 1.54) is 12.8 Å². The van der Waals surface area contributed by atoms with Gasteiger partial charge in [-0.3, -0.25) is 9.78 Å².